The molecule has 2 rings (SSSR count). The Morgan fingerprint density at radius 2 is 2.33 bits per heavy atom. The molecule has 0 radical (unpaired) electrons. The Morgan fingerprint density at radius 3 is 2.90 bits per heavy atom. The number of hydrogen-bond donors (Lipinski definition) is 1. The Hall–Kier alpha value is -1.12. The Bertz CT molecular complexity index is 479. The third-order valence-electron chi connectivity index (χ3n) is 3.68. The van der Waals surface area contributed by atoms with Gasteiger partial charge in [-0.25, -0.2) is 0 Å². The Labute approximate surface area is 129 Å². The molecule has 1 aliphatic heterocycles. The number of likely N-dealkylation sites (tertiary alicyclic amines) is 1. The topological polar surface area (TPSA) is 72.3 Å². The Morgan fingerprint density at radius 1 is 1.57 bits per heavy atom. The molecule has 1 aromatic heterocycles. The first-order valence-electron chi connectivity index (χ1n) is 7.04. The summed E-state index contributed by atoms with van der Waals surface area (Å²) in [7, 11) is 3.56. The standard InChI is InChI=1S/C13H23N5O2S/c1-9(2)18-5-10(11(6-18)20-4)15-12(19)7-21-13-16-14-8-17(13)3/h8-11H,5-7H2,1-4H3,(H,15,19)/t10-,11-/m0/s1. The van der Waals surface area contributed by atoms with E-state index in [-0.39, 0.29) is 18.1 Å². The molecule has 0 unspecified atom stereocenters. The van der Waals surface area contributed by atoms with E-state index in [4.69, 9.17) is 4.74 Å². The fourth-order valence-corrected chi connectivity index (χ4v) is 3.08. The van der Waals surface area contributed by atoms with Gasteiger partial charge in [-0.1, -0.05) is 11.8 Å². The Kier molecular flexibility index (Phi) is 5.60. The summed E-state index contributed by atoms with van der Waals surface area (Å²) in [5, 5.41) is 11.5. The summed E-state index contributed by atoms with van der Waals surface area (Å²) in [4.78, 5) is 14.4. The number of carbonyl (C=O) groups is 1. The van der Waals surface area contributed by atoms with Crippen molar-refractivity contribution in [2.45, 2.75) is 37.2 Å². The summed E-state index contributed by atoms with van der Waals surface area (Å²) in [6.45, 7) is 5.99. The molecule has 8 heteroatoms. The van der Waals surface area contributed by atoms with E-state index in [1.54, 1.807) is 18.0 Å². The number of aryl methyl sites for hydroxylation is 1. The van der Waals surface area contributed by atoms with Crippen LogP contribution >= 0.6 is 11.8 Å². The number of hydrogen-bond acceptors (Lipinski definition) is 6. The molecule has 118 valence electrons. The second-order valence-electron chi connectivity index (χ2n) is 5.51. The Balaban J connectivity index is 1.83. The van der Waals surface area contributed by atoms with E-state index in [1.807, 2.05) is 7.05 Å². The predicted molar refractivity (Wildman–Crippen MR) is 81.2 cm³/mol. The molecular weight excluding hydrogens is 290 g/mol. The van der Waals surface area contributed by atoms with Gasteiger partial charge in [0.25, 0.3) is 0 Å². The number of nitrogens with zero attached hydrogens (tertiary/aromatic N) is 4. The van der Waals surface area contributed by atoms with E-state index in [0.717, 1.165) is 18.2 Å². The minimum Gasteiger partial charge on any atom is -0.378 e. The molecule has 0 bridgehead atoms. The van der Waals surface area contributed by atoms with E-state index in [2.05, 4.69) is 34.3 Å². The lowest BCUT2D eigenvalue weighted by Crippen LogP contribution is -2.44. The zero-order valence-corrected chi connectivity index (χ0v) is 13.8. The molecule has 1 N–H and O–H groups in total. The third-order valence-corrected chi connectivity index (χ3v) is 4.71. The van der Waals surface area contributed by atoms with Crippen LogP contribution in [-0.4, -0.2) is 69.7 Å². The maximum Gasteiger partial charge on any atom is 0.230 e. The van der Waals surface area contributed by atoms with Crippen molar-refractivity contribution < 1.29 is 9.53 Å². The lowest BCUT2D eigenvalue weighted by Gasteiger charge is -2.19. The molecule has 1 saturated heterocycles. The number of nitrogens with one attached hydrogen (secondary N) is 1. The van der Waals surface area contributed by atoms with Gasteiger partial charge in [0, 0.05) is 33.3 Å². The first-order valence-corrected chi connectivity index (χ1v) is 8.02. The fourth-order valence-electron chi connectivity index (χ4n) is 2.38. The quantitative estimate of drug-likeness (QED) is 0.753. The highest BCUT2D eigenvalue weighted by Gasteiger charge is 2.34. The zero-order valence-electron chi connectivity index (χ0n) is 12.9. The van der Waals surface area contributed by atoms with Crippen molar-refractivity contribution >= 4 is 17.7 Å². The minimum absolute atomic E-state index is 0.000608. The number of aromatic nitrogens is 3. The minimum atomic E-state index is 0.000608. The highest BCUT2D eigenvalue weighted by atomic mass is 32.2. The second-order valence-corrected chi connectivity index (χ2v) is 6.45. The summed E-state index contributed by atoms with van der Waals surface area (Å²) < 4.78 is 7.28. The number of ether oxygens (including phenoxy) is 1. The number of carbonyl (C=O) groups excluding carboxylic acids is 1. The van der Waals surface area contributed by atoms with Crippen LogP contribution in [0.1, 0.15) is 13.8 Å². The summed E-state index contributed by atoms with van der Waals surface area (Å²) in [6.07, 6.45) is 1.68. The van der Waals surface area contributed by atoms with Crippen LogP contribution in [0.2, 0.25) is 0 Å². The normalized spacial score (nSPS) is 22.9. The first-order chi connectivity index (χ1) is 10.0. The lowest BCUT2D eigenvalue weighted by atomic mass is 10.2. The van der Waals surface area contributed by atoms with Gasteiger partial charge in [0.05, 0.1) is 17.9 Å². The number of rotatable bonds is 6. The molecule has 7 nitrogen and oxygen atoms in total. The highest BCUT2D eigenvalue weighted by Crippen LogP contribution is 2.17. The van der Waals surface area contributed by atoms with E-state index in [0.29, 0.717) is 11.8 Å². The molecule has 1 aromatic rings. The van der Waals surface area contributed by atoms with Crippen LogP contribution in [-0.2, 0) is 16.6 Å². The number of thioether (sulfide) groups is 1. The molecule has 2 atom stereocenters. The van der Waals surface area contributed by atoms with Gasteiger partial charge in [0.1, 0.15) is 6.33 Å². The summed E-state index contributed by atoms with van der Waals surface area (Å²) >= 11 is 1.38. The van der Waals surface area contributed by atoms with Gasteiger partial charge < -0.3 is 14.6 Å². The smallest absolute Gasteiger partial charge is 0.230 e. The molecule has 2 heterocycles. The molecule has 0 aromatic carbocycles. The van der Waals surface area contributed by atoms with Crippen molar-refractivity contribution in [1.82, 2.24) is 25.0 Å². The fraction of sp³-hybridized carbons (Fsp3) is 0.769. The zero-order chi connectivity index (χ0) is 15.4. The van der Waals surface area contributed by atoms with E-state index in [1.165, 1.54) is 11.8 Å². The van der Waals surface area contributed by atoms with Crippen molar-refractivity contribution in [1.29, 1.82) is 0 Å². The van der Waals surface area contributed by atoms with Gasteiger partial charge >= 0.3 is 0 Å². The van der Waals surface area contributed by atoms with Gasteiger partial charge in [-0.05, 0) is 13.8 Å². The van der Waals surface area contributed by atoms with Crippen LogP contribution < -0.4 is 5.32 Å². The van der Waals surface area contributed by atoms with E-state index >= 15 is 0 Å². The predicted octanol–water partition coefficient (Wildman–Crippen LogP) is 0.131. The molecule has 21 heavy (non-hydrogen) atoms. The van der Waals surface area contributed by atoms with Crippen LogP contribution in [0.25, 0.3) is 0 Å². The maximum atomic E-state index is 12.1. The average Bonchev–Trinajstić information content (AvgIpc) is 3.02. The maximum absolute atomic E-state index is 12.1. The van der Waals surface area contributed by atoms with Gasteiger partial charge in [-0.2, -0.15) is 0 Å². The summed E-state index contributed by atoms with van der Waals surface area (Å²) in [5.74, 6) is 0.335. The van der Waals surface area contributed by atoms with Crippen molar-refractivity contribution in [3.05, 3.63) is 6.33 Å². The van der Waals surface area contributed by atoms with Gasteiger partial charge in [0.2, 0.25) is 5.91 Å². The van der Waals surface area contributed by atoms with Crippen LogP contribution in [0, 0.1) is 0 Å². The molecule has 1 amide bonds. The second kappa shape index (κ2) is 7.24. The van der Waals surface area contributed by atoms with Crippen LogP contribution in [0.15, 0.2) is 11.5 Å². The first kappa shape index (κ1) is 16.3. The van der Waals surface area contributed by atoms with Gasteiger partial charge in [-0.3, -0.25) is 9.69 Å². The van der Waals surface area contributed by atoms with Crippen LogP contribution in [0.3, 0.4) is 0 Å². The van der Waals surface area contributed by atoms with Crippen molar-refractivity contribution in [3.63, 3.8) is 0 Å². The third kappa shape index (κ3) is 4.18. The van der Waals surface area contributed by atoms with Crippen molar-refractivity contribution in [3.8, 4) is 0 Å². The number of methoxy groups -OCH3 is 1. The molecule has 1 aliphatic rings. The SMILES string of the molecule is CO[C@H]1CN(C(C)C)C[C@@H]1NC(=O)CSc1nncn1C. The van der Waals surface area contributed by atoms with E-state index in [9.17, 15) is 4.79 Å². The van der Waals surface area contributed by atoms with Crippen molar-refractivity contribution in [2.24, 2.45) is 7.05 Å². The average molecular weight is 313 g/mol. The largest absolute Gasteiger partial charge is 0.378 e. The van der Waals surface area contributed by atoms with Crippen LogP contribution in [0.5, 0.6) is 0 Å². The van der Waals surface area contributed by atoms with Gasteiger partial charge in [-0.15, -0.1) is 10.2 Å². The van der Waals surface area contributed by atoms with Gasteiger partial charge in [0.15, 0.2) is 5.16 Å². The number of amides is 1. The molecule has 0 spiro atoms. The molecule has 1 fully saturated rings. The molecule has 0 aliphatic carbocycles. The summed E-state index contributed by atoms with van der Waals surface area (Å²) in [5.41, 5.74) is 0. The van der Waals surface area contributed by atoms with Crippen molar-refractivity contribution in [2.75, 3.05) is 26.0 Å². The highest BCUT2D eigenvalue weighted by molar-refractivity contribution is 7.99. The molecule has 0 saturated carbocycles. The van der Waals surface area contributed by atoms with E-state index < -0.39 is 0 Å². The lowest BCUT2D eigenvalue weighted by molar-refractivity contribution is -0.119. The monoisotopic (exact) mass is 313 g/mol. The molecular formula is C13H23N5O2S. The van der Waals surface area contributed by atoms with Crippen LogP contribution in [0.4, 0.5) is 0 Å². The summed E-state index contributed by atoms with van der Waals surface area (Å²) in [6, 6.07) is 0.502.